The molecular formula is C20H26N2O2S. The average molecular weight is 359 g/mol. The van der Waals surface area contributed by atoms with Crippen molar-refractivity contribution < 1.29 is 8.42 Å². The molecule has 0 saturated heterocycles. The number of sulfone groups is 1. The highest BCUT2D eigenvalue weighted by Gasteiger charge is 2.28. The van der Waals surface area contributed by atoms with E-state index in [1.807, 2.05) is 24.5 Å². The predicted octanol–water partition coefficient (Wildman–Crippen LogP) is 4.41. The molecular weight excluding hydrogens is 332 g/mol. The van der Waals surface area contributed by atoms with Crippen molar-refractivity contribution in [1.82, 2.24) is 4.57 Å². The Morgan fingerprint density at radius 1 is 1.12 bits per heavy atom. The summed E-state index contributed by atoms with van der Waals surface area (Å²) in [6.07, 6.45) is 8.08. The SMILES string of the molecule is Cc1c(S(=O)(=O)c2ccccc2)c(N)n(CCC2=CCCCC2)c1C. The van der Waals surface area contributed by atoms with Crippen molar-refractivity contribution in [3.05, 3.63) is 53.2 Å². The molecule has 1 aliphatic rings. The second-order valence-electron chi connectivity index (χ2n) is 6.75. The van der Waals surface area contributed by atoms with Crippen LogP contribution in [0.25, 0.3) is 0 Å². The van der Waals surface area contributed by atoms with E-state index < -0.39 is 9.84 Å². The molecule has 0 atom stereocenters. The molecule has 3 rings (SSSR count). The zero-order valence-electron chi connectivity index (χ0n) is 15.0. The number of nitrogens with zero attached hydrogens (tertiary/aromatic N) is 1. The summed E-state index contributed by atoms with van der Waals surface area (Å²) in [5.41, 5.74) is 9.45. The van der Waals surface area contributed by atoms with Gasteiger partial charge in [-0.2, -0.15) is 0 Å². The average Bonchev–Trinajstić information content (AvgIpc) is 2.84. The third-order valence-electron chi connectivity index (χ3n) is 5.18. The van der Waals surface area contributed by atoms with Gasteiger partial charge in [-0.3, -0.25) is 0 Å². The lowest BCUT2D eigenvalue weighted by atomic mass is 9.97. The molecule has 1 heterocycles. The fourth-order valence-electron chi connectivity index (χ4n) is 3.59. The van der Waals surface area contributed by atoms with Crippen molar-refractivity contribution in [2.75, 3.05) is 5.73 Å². The topological polar surface area (TPSA) is 65.1 Å². The Kier molecular flexibility index (Phi) is 5.04. The lowest BCUT2D eigenvalue weighted by Crippen LogP contribution is -2.09. The summed E-state index contributed by atoms with van der Waals surface area (Å²) in [4.78, 5) is 0.547. The van der Waals surface area contributed by atoms with Gasteiger partial charge in [0.25, 0.3) is 0 Å². The molecule has 0 spiro atoms. The molecule has 0 unspecified atom stereocenters. The van der Waals surface area contributed by atoms with Gasteiger partial charge in [0.05, 0.1) is 4.90 Å². The van der Waals surface area contributed by atoms with E-state index in [0.717, 1.165) is 37.1 Å². The highest BCUT2D eigenvalue weighted by atomic mass is 32.2. The number of hydrogen-bond acceptors (Lipinski definition) is 3. The van der Waals surface area contributed by atoms with Gasteiger partial charge in [0.2, 0.25) is 9.84 Å². The van der Waals surface area contributed by atoms with Crippen LogP contribution in [-0.2, 0) is 16.4 Å². The number of allylic oxidation sites excluding steroid dienone is 2. The Balaban J connectivity index is 1.95. The second kappa shape index (κ2) is 7.08. The number of benzene rings is 1. The monoisotopic (exact) mass is 358 g/mol. The van der Waals surface area contributed by atoms with Crippen LogP contribution in [-0.4, -0.2) is 13.0 Å². The molecule has 1 aromatic carbocycles. The zero-order valence-corrected chi connectivity index (χ0v) is 15.8. The van der Waals surface area contributed by atoms with Crippen molar-refractivity contribution >= 4 is 15.7 Å². The van der Waals surface area contributed by atoms with Crippen LogP contribution < -0.4 is 5.73 Å². The zero-order chi connectivity index (χ0) is 18.0. The molecule has 0 amide bonds. The van der Waals surface area contributed by atoms with E-state index in [-0.39, 0.29) is 9.79 Å². The van der Waals surface area contributed by atoms with Gasteiger partial charge in [-0.15, -0.1) is 0 Å². The van der Waals surface area contributed by atoms with Crippen LogP contribution in [0.2, 0.25) is 0 Å². The van der Waals surface area contributed by atoms with Crippen molar-refractivity contribution in [2.24, 2.45) is 0 Å². The number of nitrogen functional groups attached to an aromatic ring is 1. The first-order valence-corrected chi connectivity index (χ1v) is 10.3. The number of aromatic nitrogens is 1. The Hall–Kier alpha value is -2.01. The molecule has 25 heavy (non-hydrogen) atoms. The van der Waals surface area contributed by atoms with Crippen LogP contribution in [0.15, 0.2) is 51.8 Å². The summed E-state index contributed by atoms with van der Waals surface area (Å²) < 4.78 is 28.0. The Bertz CT molecular complexity index is 894. The Morgan fingerprint density at radius 3 is 2.48 bits per heavy atom. The molecule has 2 aromatic rings. The first-order chi connectivity index (χ1) is 11.9. The maximum atomic E-state index is 13.0. The number of hydrogen-bond donors (Lipinski definition) is 1. The lowest BCUT2D eigenvalue weighted by molar-refractivity contribution is 0.595. The highest BCUT2D eigenvalue weighted by Crippen LogP contribution is 2.34. The van der Waals surface area contributed by atoms with E-state index in [1.54, 1.807) is 24.3 Å². The van der Waals surface area contributed by atoms with Gasteiger partial charge < -0.3 is 10.3 Å². The normalized spacial score (nSPS) is 15.2. The fraction of sp³-hybridized carbons (Fsp3) is 0.400. The van der Waals surface area contributed by atoms with Crippen LogP contribution in [0.4, 0.5) is 5.82 Å². The van der Waals surface area contributed by atoms with Crippen LogP contribution >= 0.6 is 0 Å². The molecule has 0 bridgehead atoms. The van der Waals surface area contributed by atoms with Gasteiger partial charge in [0.1, 0.15) is 10.7 Å². The lowest BCUT2D eigenvalue weighted by Gasteiger charge is -2.15. The molecule has 0 aliphatic heterocycles. The third kappa shape index (κ3) is 3.38. The van der Waals surface area contributed by atoms with Gasteiger partial charge in [-0.05, 0) is 63.6 Å². The number of anilines is 1. The van der Waals surface area contributed by atoms with Crippen molar-refractivity contribution in [1.29, 1.82) is 0 Å². The molecule has 0 fully saturated rings. The van der Waals surface area contributed by atoms with Gasteiger partial charge in [-0.25, -0.2) is 8.42 Å². The van der Waals surface area contributed by atoms with Crippen LogP contribution in [0, 0.1) is 13.8 Å². The fourth-order valence-corrected chi connectivity index (χ4v) is 5.28. The summed E-state index contributed by atoms with van der Waals surface area (Å²) in [5, 5.41) is 0. The molecule has 0 radical (unpaired) electrons. The minimum atomic E-state index is -3.61. The summed E-state index contributed by atoms with van der Waals surface area (Å²) in [7, 11) is -3.61. The molecule has 2 N–H and O–H groups in total. The van der Waals surface area contributed by atoms with Crippen molar-refractivity contribution in [2.45, 2.75) is 62.3 Å². The van der Waals surface area contributed by atoms with E-state index in [0.29, 0.717) is 5.82 Å². The van der Waals surface area contributed by atoms with Crippen LogP contribution in [0.5, 0.6) is 0 Å². The quantitative estimate of drug-likeness (QED) is 0.805. The predicted molar refractivity (Wildman–Crippen MR) is 101 cm³/mol. The molecule has 0 saturated carbocycles. The number of rotatable bonds is 5. The minimum absolute atomic E-state index is 0.258. The van der Waals surface area contributed by atoms with E-state index in [1.165, 1.54) is 18.4 Å². The summed E-state index contributed by atoms with van der Waals surface area (Å²) in [6.45, 7) is 4.53. The van der Waals surface area contributed by atoms with E-state index in [2.05, 4.69) is 6.08 Å². The number of nitrogens with two attached hydrogens (primary N) is 1. The van der Waals surface area contributed by atoms with Crippen molar-refractivity contribution in [3.8, 4) is 0 Å². The second-order valence-corrected chi connectivity index (χ2v) is 8.64. The largest absolute Gasteiger partial charge is 0.384 e. The van der Waals surface area contributed by atoms with E-state index in [9.17, 15) is 8.42 Å². The van der Waals surface area contributed by atoms with Crippen LogP contribution in [0.3, 0.4) is 0 Å². The standard InChI is InChI=1S/C20H26N2O2S/c1-15-16(2)22(14-13-17-9-5-3-6-10-17)20(21)19(15)25(23,24)18-11-7-4-8-12-18/h4,7-9,11-12H,3,5-6,10,13-14,21H2,1-2H3. The Labute approximate surface area is 150 Å². The first kappa shape index (κ1) is 17.8. The Morgan fingerprint density at radius 2 is 1.84 bits per heavy atom. The highest BCUT2D eigenvalue weighted by molar-refractivity contribution is 7.91. The molecule has 5 heteroatoms. The van der Waals surface area contributed by atoms with Gasteiger partial charge >= 0.3 is 0 Å². The molecule has 134 valence electrons. The first-order valence-electron chi connectivity index (χ1n) is 8.86. The maximum Gasteiger partial charge on any atom is 0.210 e. The summed E-state index contributed by atoms with van der Waals surface area (Å²) in [5.74, 6) is 0.357. The molecule has 1 aromatic heterocycles. The third-order valence-corrected chi connectivity index (χ3v) is 7.12. The van der Waals surface area contributed by atoms with Crippen molar-refractivity contribution in [3.63, 3.8) is 0 Å². The smallest absolute Gasteiger partial charge is 0.210 e. The molecule has 4 nitrogen and oxygen atoms in total. The van der Waals surface area contributed by atoms with Gasteiger partial charge in [0, 0.05) is 12.2 Å². The summed E-state index contributed by atoms with van der Waals surface area (Å²) >= 11 is 0. The molecule has 1 aliphatic carbocycles. The van der Waals surface area contributed by atoms with E-state index >= 15 is 0 Å². The van der Waals surface area contributed by atoms with Gasteiger partial charge in [-0.1, -0.05) is 29.8 Å². The minimum Gasteiger partial charge on any atom is -0.384 e. The van der Waals surface area contributed by atoms with E-state index in [4.69, 9.17) is 5.73 Å². The van der Waals surface area contributed by atoms with Gasteiger partial charge in [0.15, 0.2) is 0 Å². The maximum absolute atomic E-state index is 13.0. The summed E-state index contributed by atoms with van der Waals surface area (Å²) in [6, 6.07) is 8.51. The van der Waals surface area contributed by atoms with Crippen LogP contribution in [0.1, 0.15) is 43.4 Å².